The molecule has 27 heavy (non-hydrogen) atoms. The maximum Gasteiger partial charge on any atom is 0.262 e. The Kier molecular flexibility index (Phi) is 5.77. The summed E-state index contributed by atoms with van der Waals surface area (Å²) < 4.78 is 10.3. The number of rotatable bonds is 8. The fraction of sp³-hybridized carbons (Fsp3) is 0.263. The topological polar surface area (TPSA) is 97.8 Å². The fourth-order valence-electron chi connectivity index (χ4n) is 2.61. The van der Waals surface area contributed by atoms with E-state index in [9.17, 15) is 14.4 Å². The lowest BCUT2D eigenvalue weighted by Gasteiger charge is -2.13. The minimum Gasteiger partial charge on any atom is -0.475 e. The van der Waals surface area contributed by atoms with Gasteiger partial charge in [-0.05, 0) is 17.7 Å². The lowest BCUT2D eigenvalue weighted by molar-refractivity contribution is -0.121. The maximum atomic E-state index is 12.3. The van der Waals surface area contributed by atoms with E-state index in [1.165, 1.54) is 0 Å². The van der Waals surface area contributed by atoms with Crippen molar-refractivity contribution < 1.29 is 23.9 Å². The molecule has 0 saturated heterocycles. The normalized spacial score (nSPS) is 12.9. The zero-order chi connectivity index (χ0) is 19.2. The summed E-state index contributed by atoms with van der Waals surface area (Å²) in [4.78, 5) is 41.7. The molecule has 0 fully saturated rings. The molecule has 1 aromatic carbocycles. The molecule has 2 heterocycles. The number of imide groups is 1. The zero-order valence-electron chi connectivity index (χ0n) is 14.8. The van der Waals surface area contributed by atoms with E-state index in [1.807, 2.05) is 0 Å². The van der Waals surface area contributed by atoms with Crippen LogP contribution in [0.3, 0.4) is 0 Å². The smallest absolute Gasteiger partial charge is 0.262 e. The Balaban J connectivity index is 1.50. The van der Waals surface area contributed by atoms with Crippen LogP contribution in [0, 0.1) is 0 Å². The Morgan fingerprint density at radius 3 is 2.37 bits per heavy atom. The standard InChI is InChI=1S/C19H19N3O5/c1-26-8-9-27-17-7-6-13(11-21-17)10-20-16(23)12-22-18(24)14-4-2-3-5-15(14)19(22)25/h2-7,11H,8-10,12H2,1H3,(H,20,23). The first-order valence-electron chi connectivity index (χ1n) is 8.38. The molecule has 1 aliphatic rings. The molecule has 140 valence electrons. The van der Waals surface area contributed by atoms with Crippen molar-refractivity contribution in [1.82, 2.24) is 15.2 Å². The highest BCUT2D eigenvalue weighted by Gasteiger charge is 2.36. The van der Waals surface area contributed by atoms with Crippen molar-refractivity contribution >= 4 is 17.7 Å². The number of aromatic nitrogens is 1. The van der Waals surface area contributed by atoms with Crippen molar-refractivity contribution in [3.8, 4) is 5.88 Å². The predicted molar refractivity (Wildman–Crippen MR) is 95.3 cm³/mol. The summed E-state index contributed by atoms with van der Waals surface area (Å²) in [5.74, 6) is -0.868. The van der Waals surface area contributed by atoms with Gasteiger partial charge in [-0.2, -0.15) is 0 Å². The van der Waals surface area contributed by atoms with Crippen LogP contribution < -0.4 is 10.1 Å². The number of carbonyl (C=O) groups excluding carboxylic acids is 3. The first-order chi connectivity index (χ1) is 13.1. The highest BCUT2D eigenvalue weighted by atomic mass is 16.5. The second-order valence-corrected chi connectivity index (χ2v) is 5.86. The van der Waals surface area contributed by atoms with Gasteiger partial charge in [0, 0.05) is 25.9 Å². The molecule has 3 rings (SSSR count). The van der Waals surface area contributed by atoms with Gasteiger partial charge in [-0.1, -0.05) is 18.2 Å². The quantitative estimate of drug-likeness (QED) is 0.551. The van der Waals surface area contributed by atoms with Crippen LogP contribution >= 0.6 is 0 Å². The number of methoxy groups -OCH3 is 1. The number of ether oxygens (including phenoxy) is 2. The van der Waals surface area contributed by atoms with Crippen molar-refractivity contribution in [1.29, 1.82) is 0 Å². The first-order valence-corrected chi connectivity index (χ1v) is 8.38. The van der Waals surface area contributed by atoms with E-state index < -0.39 is 17.7 Å². The highest BCUT2D eigenvalue weighted by Crippen LogP contribution is 2.21. The van der Waals surface area contributed by atoms with Crippen molar-refractivity contribution in [3.63, 3.8) is 0 Å². The summed E-state index contributed by atoms with van der Waals surface area (Å²) in [6, 6.07) is 10.00. The molecule has 1 aromatic heterocycles. The Morgan fingerprint density at radius 2 is 1.78 bits per heavy atom. The van der Waals surface area contributed by atoms with E-state index in [1.54, 1.807) is 49.7 Å². The molecule has 0 aliphatic carbocycles. The number of fused-ring (bicyclic) bond motifs is 1. The van der Waals surface area contributed by atoms with E-state index in [0.29, 0.717) is 30.2 Å². The number of nitrogens with one attached hydrogen (secondary N) is 1. The van der Waals surface area contributed by atoms with E-state index in [-0.39, 0.29) is 13.1 Å². The highest BCUT2D eigenvalue weighted by molar-refractivity contribution is 6.22. The summed E-state index contributed by atoms with van der Waals surface area (Å²) >= 11 is 0. The van der Waals surface area contributed by atoms with Crippen LogP contribution in [-0.4, -0.2) is 54.5 Å². The van der Waals surface area contributed by atoms with Gasteiger partial charge in [0.1, 0.15) is 13.2 Å². The van der Waals surface area contributed by atoms with Crippen molar-refractivity contribution in [2.75, 3.05) is 26.9 Å². The summed E-state index contributed by atoms with van der Waals surface area (Å²) in [5, 5.41) is 2.68. The molecule has 3 amide bonds. The van der Waals surface area contributed by atoms with Crippen LogP contribution in [0.1, 0.15) is 26.3 Å². The second-order valence-electron chi connectivity index (χ2n) is 5.86. The van der Waals surface area contributed by atoms with E-state index in [2.05, 4.69) is 10.3 Å². The Hall–Kier alpha value is -3.26. The summed E-state index contributed by atoms with van der Waals surface area (Å²) in [5.41, 5.74) is 1.41. The first kappa shape index (κ1) is 18.5. The monoisotopic (exact) mass is 369 g/mol. The van der Waals surface area contributed by atoms with Crippen molar-refractivity contribution in [2.45, 2.75) is 6.54 Å². The van der Waals surface area contributed by atoms with Crippen LogP contribution in [0.2, 0.25) is 0 Å². The van der Waals surface area contributed by atoms with Crippen LogP contribution in [0.5, 0.6) is 5.88 Å². The lowest BCUT2D eigenvalue weighted by atomic mass is 10.1. The summed E-state index contributed by atoms with van der Waals surface area (Å²) in [6.07, 6.45) is 1.59. The largest absolute Gasteiger partial charge is 0.475 e. The molecule has 1 aliphatic heterocycles. The molecule has 8 nitrogen and oxygen atoms in total. The molecule has 1 N–H and O–H groups in total. The average molecular weight is 369 g/mol. The summed E-state index contributed by atoms with van der Waals surface area (Å²) in [6.45, 7) is 0.780. The van der Waals surface area contributed by atoms with E-state index >= 15 is 0 Å². The molecule has 0 bridgehead atoms. The number of nitrogens with zero attached hydrogens (tertiary/aromatic N) is 2. The maximum absolute atomic E-state index is 12.3. The minimum atomic E-state index is -0.454. The SMILES string of the molecule is COCCOc1ccc(CNC(=O)CN2C(=O)c3ccccc3C2=O)cn1. The van der Waals surface area contributed by atoms with Crippen molar-refractivity contribution in [3.05, 3.63) is 59.3 Å². The van der Waals surface area contributed by atoms with Gasteiger partial charge in [-0.25, -0.2) is 4.98 Å². The molecular formula is C19H19N3O5. The van der Waals surface area contributed by atoms with E-state index in [4.69, 9.17) is 9.47 Å². The van der Waals surface area contributed by atoms with Crippen LogP contribution in [-0.2, 0) is 16.1 Å². The van der Waals surface area contributed by atoms with Gasteiger partial charge in [0.2, 0.25) is 11.8 Å². The van der Waals surface area contributed by atoms with Gasteiger partial charge in [0.25, 0.3) is 11.8 Å². The average Bonchev–Trinajstić information content (AvgIpc) is 2.93. The van der Waals surface area contributed by atoms with Crippen LogP contribution in [0.4, 0.5) is 0 Å². The number of amides is 3. The third kappa shape index (κ3) is 4.29. The molecular weight excluding hydrogens is 350 g/mol. The lowest BCUT2D eigenvalue weighted by Crippen LogP contribution is -2.40. The predicted octanol–water partition coefficient (Wildman–Crippen LogP) is 1.02. The Morgan fingerprint density at radius 1 is 1.07 bits per heavy atom. The van der Waals surface area contributed by atoms with Gasteiger partial charge in [-0.15, -0.1) is 0 Å². The molecule has 0 radical (unpaired) electrons. The Bertz CT molecular complexity index is 816. The van der Waals surface area contributed by atoms with Crippen molar-refractivity contribution in [2.24, 2.45) is 0 Å². The fourth-order valence-corrected chi connectivity index (χ4v) is 2.61. The number of hydrogen-bond donors (Lipinski definition) is 1. The van der Waals surface area contributed by atoms with Crippen LogP contribution in [0.15, 0.2) is 42.6 Å². The summed E-state index contributed by atoms with van der Waals surface area (Å²) in [7, 11) is 1.59. The van der Waals surface area contributed by atoms with Gasteiger partial charge in [0.15, 0.2) is 0 Å². The van der Waals surface area contributed by atoms with Gasteiger partial charge in [-0.3, -0.25) is 19.3 Å². The third-order valence-electron chi connectivity index (χ3n) is 4.00. The molecule has 0 unspecified atom stereocenters. The van der Waals surface area contributed by atoms with Gasteiger partial charge >= 0.3 is 0 Å². The molecule has 8 heteroatoms. The Labute approximate surface area is 156 Å². The van der Waals surface area contributed by atoms with Crippen LogP contribution in [0.25, 0.3) is 0 Å². The number of pyridine rings is 1. The minimum absolute atomic E-state index is 0.230. The molecule has 0 saturated carbocycles. The third-order valence-corrected chi connectivity index (χ3v) is 4.00. The van der Waals surface area contributed by atoms with Gasteiger partial charge in [0.05, 0.1) is 17.7 Å². The number of hydrogen-bond acceptors (Lipinski definition) is 6. The molecule has 0 atom stereocenters. The molecule has 2 aromatic rings. The number of benzene rings is 1. The van der Waals surface area contributed by atoms with E-state index in [0.717, 1.165) is 10.5 Å². The molecule has 0 spiro atoms. The number of carbonyl (C=O) groups is 3. The second kappa shape index (κ2) is 8.41. The van der Waals surface area contributed by atoms with Gasteiger partial charge < -0.3 is 14.8 Å². The zero-order valence-corrected chi connectivity index (χ0v) is 14.8.